The monoisotopic (exact) mass is 310 g/mol. The highest BCUT2D eigenvalue weighted by atomic mass is 35.5. The van der Waals surface area contributed by atoms with Crippen molar-refractivity contribution in [3.8, 4) is 0 Å². The zero-order valence-corrected chi connectivity index (χ0v) is 13.0. The summed E-state index contributed by atoms with van der Waals surface area (Å²) >= 11 is 11.2. The van der Waals surface area contributed by atoms with E-state index in [0.717, 1.165) is 12.1 Å². The van der Waals surface area contributed by atoms with Crippen molar-refractivity contribution in [3.63, 3.8) is 0 Å². The van der Waals surface area contributed by atoms with Crippen LogP contribution in [-0.4, -0.2) is 9.97 Å². The lowest BCUT2D eigenvalue weighted by Gasteiger charge is -2.09. The molecular weight excluding hydrogens is 295 g/mol. The maximum absolute atomic E-state index is 13.8. The largest absolute Gasteiger partial charge is 0.347 e. The lowest BCUT2D eigenvalue weighted by molar-refractivity contribution is 0.609. The Balaban J connectivity index is 2.34. The van der Waals surface area contributed by atoms with Crippen molar-refractivity contribution >= 4 is 23.8 Å². The summed E-state index contributed by atoms with van der Waals surface area (Å²) in [4.78, 5) is 7.47. The highest BCUT2D eigenvalue weighted by molar-refractivity contribution is 7.71. The fraction of sp³-hybridized carbons (Fsp3) is 0.333. The minimum Gasteiger partial charge on any atom is -0.347 e. The summed E-state index contributed by atoms with van der Waals surface area (Å²) in [5.41, 5.74) is 1.46. The van der Waals surface area contributed by atoms with Gasteiger partial charge in [-0.05, 0) is 30.5 Å². The molecule has 0 aliphatic rings. The van der Waals surface area contributed by atoms with E-state index >= 15 is 0 Å². The van der Waals surface area contributed by atoms with Crippen molar-refractivity contribution in [2.45, 2.75) is 26.7 Å². The summed E-state index contributed by atoms with van der Waals surface area (Å²) in [6.45, 7) is 4.26. The van der Waals surface area contributed by atoms with Gasteiger partial charge in [0.25, 0.3) is 0 Å². The van der Waals surface area contributed by atoms with E-state index in [1.807, 2.05) is 6.07 Å². The van der Waals surface area contributed by atoms with E-state index in [2.05, 4.69) is 23.8 Å². The predicted molar refractivity (Wildman–Crippen MR) is 82.2 cm³/mol. The van der Waals surface area contributed by atoms with Crippen LogP contribution in [0.2, 0.25) is 5.02 Å². The Bertz CT molecular complexity index is 647. The Kier molecular flexibility index (Phi) is 4.89. The molecule has 106 valence electrons. The number of halogens is 2. The lowest BCUT2D eigenvalue weighted by Crippen LogP contribution is -2.05. The Morgan fingerprint density at radius 1 is 1.40 bits per heavy atom. The summed E-state index contributed by atoms with van der Waals surface area (Å²) in [5, 5.41) is 0.403. The molecule has 2 nitrogen and oxygen atoms in total. The van der Waals surface area contributed by atoms with Gasteiger partial charge in [-0.2, -0.15) is 0 Å². The molecule has 0 saturated carbocycles. The highest BCUT2D eigenvalue weighted by Gasteiger charge is 2.10. The van der Waals surface area contributed by atoms with Crippen LogP contribution in [0.5, 0.6) is 0 Å². The number of rotatable bonds is 4. The van der Waals surface area contributed by atoms with Gasteiger partial charge in [0.2, 0.25) is 0 Å². The van der Waals surface area contributed by atoms with E-state index in [0.29, 0.717) is 33.4 Å². The van der Waals surface area contributed by atoms with E-state index in [9.17, 15) is 4.39 Å². The van der Waals surface area contributed by atoms with Gasteiger partial charge in [0.1, 0.15) is 16.3 Å². The number of nitrogens with zero attached hydrogens (tertiary/aromatic N) is 1. The third-order valence-corrected chi connectivity index (χ3v) is 3.45. The minimum absolute atomic E-state index is 0.307. The SMILES string of the molecule is CC(C)Cc1cc(=S)nc(Cc2c(F)cccc2Cl)[nH]1. The average Bonchev–Trinajstić information content (AvgIpc) is 2.32. The van der Waals surface area contributed by atoms with Crippen LogP contribution in [0.3, 0.4) is 0 Å². The predicted octanol–water partition coefficient (Wildman–Crippen LogP) is 4.72. The second-order valence-corrected chi connectivity index (χ2v) is 5.99. The Morgan fingerprint density at radius 2 is 2.15 bits per heavy atom. The Morgan fingerprint density at radius 3 is 2.80 bits per heavy atom. The molecule has 0 amide bonds. The van der Waals surface area contributed by atoms with Crippen molar-refractivity contribution < 1.29 is 4.39 Å². The van der Waals surface area contributed by atoms with Crippen molar-refractivity contribution in [1.29, 1.82) is 0 Å². The van der Waals surface area contributed by atoms with Gasteiger partial charge in [0.05, 0.1) is 0 Å². The highest BCUT2D eigenvalue weighted by Crippen LogP contribution is 2.21. The van der Waals surface area contributed by atoms with Crippen LogP contribution in [0.4, 0.5) is 4.39 Å². The number of benzene rings is 1. The van der Waals surface area contributed by atoms with Crippen molar-refractivity contribution in [2.24, 2.45) is 5.92 Å². The van der Waals surface area contributed by atoms with Gasteiger partial charge in [-0.15, -0.1) is 0 Å². The molecule has 0 aliphatic carbocycles. The standard InChI is InChI=1S/C15H16ClFN2S/c1-9(2)6-10-7-15(20)19-14(18-10)8-11-12(16)4-3-5-13(11)17/h3-5,7,9H,6,8H2,1-2H3,(H,18,19,20). The van der Waals surface area contributed by atoms with Crippen LogP contribution >= 0.6 is 23.8 Å². The third kappa shape index (κ3) is 3.87. The molecule has 0 atom stereocenters. The van der Waals surface area contributed by atoms with Gasteiger partial charge in [-0.25, -0.2) is 9.37 Å². The zero-order valence-electron chi connectivity index (χ0n) is 11.4. The minimum atomic E-state index is -0.326. The average molecular weight is 311 g/mol. The second kappa shape index (κ2) is 6.46. The molecule has 0 bridgehead atoms. The first kappa shape index (κ1) is 15.1. The molecule has 0 spiro atoms. The van der Waals surface area contributed by atoms with E-state index < -0.39 is 0 Å². The molecule has 0 aliphatic heterocycles. The summed E-state index contributed by atoms with van der Waals surface area (Å²) in [7, 11) is 0. The van der Waals surface area contributed by atoms with E-state index in [4.69, 9.17) is 23.8 Å². The molecule has 0 unspecified atom stereocenters. The molecule has 2 rings (SSSR count). The van der Waals surface area contributed by atoms with Crippen LogP contribution in [0, 0.1) is 16.4 Å². The van der Waals surface area contributed by atoms with Gasteiger partial charge in [-0.1, -0.05) is 43.7 Å². The zero-order chi connectivity index (χ0) is 14.7. The van der Waals surface area contributed by atoms with Crippen LogP contribution < -0.4 is 0 Å². The number of hydrogen-bond donors (Lipinski definition) is 1. The number of H-pyrrole nitrogens is 1. The fourth-order valence-electron chi connectivity index (χ4n) is 2.07. The molecular formula is C15H16ClFN2S. The molecule has 5 heteroatoms. The molecule has 2 aromatic rings. The molecule has 1 heterocycles. The maximum Gasteiger partial charge on any atom is 0.130 e. The lowest BCUT2D eigenvalue weighted by atomic mass is 10.1. The van der Waals surface area contributed by atoms with Crippen molar-refractivity contribution in [3.05, 3.63) is 56.8 Å². The number of hydrogen-bond acceptors (Lipinski definition) is 2. The smallest absolute Gasteiger partial charge is 0.130 e. The van der Waals surface area contributed by atoms with Gasteiger partial charge < -0.3 is 4.98 Å². The van der Waals surface area contributed by atoms with Crippen LogP contribution in [-0.2, 0) is 12.8 Å². The molecule has 0 radical (unpaired) electrons. The normalized spacial score (nSPS) is 11.1. The van der Waals surface area contributed by atoms with Gasteiger partial charge >= 0.3 is 0 Å². The van der Waals surface area contributed by atoms with Crippen molar-refractivity contribution in [2.75, 3.05) is 0 Å². The number of aromatic nitrogens is 2. The maximum atomic E-state index is 13.8. The molecule has 0 fully saturated rings. The molecule has 1 N–H and O–H groups in total. The van der Waals surface area contributed by atoms with Gasteiger partial charge in [0.15, 0.2) is 0 Å². The summed E-state index contributed by atoms with van der Waals surface area (Å²) in [6, 6.07) is 6.51. The first-order valence-electron chi connectivity index (χ1n) is 6.47. The second-order valence-electron chi connectivity index (χ2n) is 5.17. The number of nitrogens with one attached hydrogen (secondary N) is 1. The first-order chi connectivity index (χ1) is 9.45. The number of aromatic amines is 1. The van der Waals surface area contributed by atoms with E-state index in [-0.39, 0.29) is 5.82 Å². The van der Waals surface area contributed by atoms with Crippen LogP contribution in [0.1, 0.15) is 30.9 Å². The van der Waals surface area contributed by atoms with Gasteiger partial charge in [0, 0.05) is 22.7 Å². The van der Waals surface area contributed by atoms with Crippen molar-refractivity contribution in [1.82, 2.24) is 9.97 Å². The van der Waals surface area contributed by atoms with E-state index in [1.54, 1.807) is 12.1 Å². The summed E-state index contributed by atoms with van der Waals surface area (Å²) in [6.07, 6.45) is 1.19. The first-order valence-corrected chi connectivity index (χ1v) is 7.26. The molecule has 0 saturated heterocycles. The van der Waals surface area contributed by atoms with Crippen LogP contribution in [0.15, 0.2) is 24.3 Å². The quantitative estimate of drug-likeness (QED) is 0.828. The third-order valence-electron chi connectivity index (χ3n) is 2.88. The fourth-order valence-corrected chi connectivity index (χ4v) is 2.55. The molecule has 1 aromatic carbocycles. The topological polar surface area (TPSA) is 28.7 Å². The summed E-state index contributed by atoms with van der Waals surface area (Å²) in [5.74, 6) is 0.820. The Labute approximate surface area is 128 Å². The Hall–Kier alpha value is -1.26. The van der Waals surface area contributed by atoms with Gasteiger partial charge in [-0.3, -0.25) is 0 Å². The van der Waals surface area contributed by atoms with Crippen LogP contribution in [0.25, 0.3) is 0 Å². The van der Waals surface area contributed by atoms with E-state index in [1.165, 1.54) is 6.07 Å². The molecule has 1 aromatic heterocycles. The summed E-state index contributed by atoms with van der Waals surface area (Å²) < 4.78 is 14.3. The molecule has 20 heavy (non-hydrogen) atoms.